The summed E-state index contributed by atoms with van der Waals surface area (Å²) < 4.78 is 11.0. The van der Waals surface area contributed by atoms with Gasteiger partial charge < -0.3 is 24.6 Å². The summed E-state index contributed by atoms with van der Waals surface area (Å²) in [4.78, 5) is 28.0. The molecule has 0 radical (unpaired) electrons. The molecule has 0 bridgehead atoms. The Kier molecular flexibility index (Phi) is 6.14. The van der Waals surface area contributed by atoms with Crippen LogP contribution in [0.2, 0.25) is 0 Å². The molecule has 0 saturated carbocycles. The van der Waals surface area contributed by atoms with E-state index < -0.39 is 17.7 Å². The zero-order valence-corrected chi connectivity index (χ0v) is 20.1. The van der Waals surface area contributed by atoms with E-state index in [4.69, 9.17) is 9.47 Å². The number of phenols is 1. The van der Waals surface area contributed by atoms with E-state index >= 15 is 0 Å². The highest BCUT2D eigenvalue weighted by Crippen LogP contribution is 2.42. The van der Waals surface area contributed by atoms with Crippen LogP contribution in [0.4, 0.5) is 0 Å². The number of aliphatic hydroxyl groups excluding tert-OH is 1. The number of hydrogen-bond acceptors (Lipinski definition) is 6. The SMILES string of the molecule is COc1cc(C2C(=C(O)c3ccc4c(c3)CC(C)O4)C(=O)C(=O)N2CCc2ccccc2)ccc1O. The molecule has 5 rings (SSSR count). The predicted molar refractivity (Wildman–Crippen MR) is 134 cm³/mol. The van der Waals surface area contributed by atoms with Gasteiger partial charge in [0.1, 0.15) is 17.6 Å². The molecule has 2 atom stereocenters. The second-order valence-electron chi connectivity index (χ2n) is 9.11. The van der Waals surface area contributed by atoms with Crippen LogP contribution >= 0.6 is 0 Å². The first-order valence-corrected chi connectivity index (χ1v) is 11.9. The summed E-state index contributed by atoms with van der Waals surface area (Å²) in [5.41, 5.74) is 2.97. The number of carbonyl (C=O) groups is 2. The van der Waals surface area contributed by atoms with E-state index in [1.165, 1.54) is 18.1 Å². The van der Waals surface area contributed by atoms with Gasteiger partial charge in [0.25, 0.3) is 11.7 Å². The van der Waals surface area contributed by atoms with Crippen molar-refractivity contribution in [3.63, 3.8) is 0 Å². The average Bonchev–Trinajstić information content (AvgIpc) is 3.38. The molecular formula is C29H27NO6. The minimum absolute atomic E-state index is 0.00715. The lowest BCUT2D eigenvalue weighted by molar-refractivity contribution is -0.139. The maximum Gasteiger partial charge on any atom is 0.295 e. The Morgan fingerprint density at radius 2 is 1.86 bits per heavy atom. The van der Waals surface area contributed by atoms with Crippen molar-refractivity contribution in [2.75, 3.05) is 13.7 Å². The molecule has 184 valence electrons. The first kappa shape index (κ1) is 23.5. The van der Waals surface area contributed by atoms with Crippen LogP contribution < -0.4 is 9.47 Å². The molecule has 1 amide bonds. The fourth-order valence-corrected chi connectivity index (χ4v) is 4.94. The van der Waals surface area contributed by atoms with Crippen molar-refractivity contribution in [3.05, 3.63) is 94.6 Å². The number of amides is 1. The molecule has 3 aromatic carbocycles. The molecule has 0 aliphatic carbocycles. The van der Waals surface area contributed by atoms with E-state index in [-0.39, 0.29) is 35.5 Å². The molecule has 2 N–H and O–H groups in total. The lowest BCUT2D eigenvalue weighted by Crippen LogP contribution is -2.31. The van der Waals surface area contributed by atoms with Gasteiger partial charge in [-0.05, 0) is 60.4 Å². The number of likely N-dealkylation sites (tertiary alicyclic amines) is 1. The van der Waals surface area contributed by atoms with E-state index in [0.29, 0.717) is 24.0 Å². The van der Waals surface area contributed by atoms with Crippen LogP contribution in [0.3, 0.4) is 0 Å². The van der Waals surface area contributed by atoms with Gasteiger partial charge in [-0.3, -0.25) is 9.59 Å². The number of aromatic hydroxyl groups is 1. The van der Waals surface area contributed by atoms with Gasteiger partial charge in [-0.1, -0.05) is 36.4 Å². The van der Waals surface area contributed by atoms with Gasteiger partial charge in [-0.25, -0.2) is 0 Å². The highest BCUT2D eigenvalue weighted by molar-refractivity contribution is 6.46. The van der Waals surface area contributed by atoms with Crippen molar-refractivity contribution >= 4 is 17.4 Å². The predicted octanol–water partition coefficient (Wildman–Crippen LogP) is 4.39. The number of aliphatic hydroxyl groups is 1. The molecule has 7 heteroatoms. The van der Waals surface area contributed by atoms with Gasteiger partial charge >= 0.3 is 0 Å². The largest absolute Gasteiger partial charge is 0.507 e. The zero-order chi connectivity index (χ0) is 25.4. The third-order valence-electron chi connectivity index (χ3n) is 6.71. The Balaban J connectivity index is 1.60. The van der Waals surface area contributed by atoms with Gasteiger partial charge in [0.2, 0.25) is 0 Å². The minimum atomic E-state index is -0.841. The van der Waals surface area contributed by atoms with E-state index in [2.05, 4.69) is 0 Å². The molecule has 0 aromatic heterocycles. The van der Waals surface area contributed by atoms with Crippen LogP contribution in [0.15, 0.2) is 72.3 Å². The van der Waals surface area contributed by atoms with Crippen LogP contribution in [0, 0.1) is 0 Å². The molecule has 0 spiro atoms. The molecule has 3 aromatic rings. The summed E-state index contributed by atoms with van der Waals surface area (Å²) in [7, 11) is 1.43. The summed E-state index contributed by atoms with van der Waals surface area (Å²) in [5, 5.41) is 21.5. The van der Waals surface area contributed by atoms with Gasteiger partial charge in [0.15, 0.2) is 11.5 Å². The molecule has 36 heavy (non-hydrogen) atoms. The molecule has 7 nitrogen and oxygen atoms in total. The number of fused-ring (bicyclic) bond motifs is 1. The van der Waals surface area contributed by atoms with Gasteiger partial charge in [-0.15, -0.1) is 0 Å². The van der Waals surface area contributed by atoms with Crippen LogP contribution in [-0.4, -0.2) is 46.6 Å². The van der Waals surface area contributed by atoms with Crippen LogP contribution in [0.1, 0.15) is 35.2 Å². The highest BCUT2D eigenvalue weighted by atomic mass is 16.5. The highest BCUT2D eigenvalue weighted by Gasteiger charge is 2.46. The third-order valence-corrected chi connectivity index (χ3v) is 6.71. The van der Waals surface area contributed by atoms with Gasteiger partial charge in [0, 0.05) is 18.5 Å². The summed E-state index contributed by atoms with van der Waals surface area (Å²) in [6, 6.07) is 18.8. The van der Waals surface area contributed by atoms with E-state index in [1.54, 1.807) is 30.3 Å². The Morgan fingerprint density at radius 1 is 1.08 bits per heavy atom. The second kappa shape index (κ2) is 9.41. The number of Topliss-reactive ketones (excluding diaryl/α,β-unsaturated/α-hetero) is 1. The summed E-state index contributed by atoms with van der Waals surface area (Å²) in [6.45, 7) is 2.24. The Hall–Kier alpha value is -4.26. The number of phenolic OH excluding ortho intramolecular Hbond substituents is 1. The topological polar surface area (TPSA) is 96.3 Å². The van der Waals surface area contributed by atoms with E-state index in [1.807, 2.05) is 37.3 Å². The van der Waals surface area contributed by atoms with Gasteiger partial charge in [0.05, 0.1) is 18.7 Å². The van der Waals surface area contributed by atoms with Crippen LogP contribution in [0.5, 0.6) is 17.2 Å². The number of ketones is 1. The lowest BCUT2D eigenvalue weighted by Gasteiger charge is -2.26. The standard InChI is InChI=1S/C29H27NO6/c1-17-14-21-15-20(9-11-23(21)36-17)27(32)25-26(19-8-10-22(31)24(16-19)35-2)30(29(34)28(25)33)13-12-18-6-4-3-5-7-18/h3-11,15-17,26,31-32H,12-14H2,1-2H3. The fraction of sp³-hybridized carbons (Fsp3) is 0.241. The molecule has 2 heterocycles. The molecular weight excluding hydrogens is 458 g/mol. The van der Waals surface area contributed by atoms with Crippen molar-refractivity contribution in [1.82, 2.24) is 4.90 Å². The summed E-state index contributed by atoms with van der Waals surface area (Å²) >= 11 is 0. The van der Waals surface area contributed by atoms with Crippen LogP contribution in [0.25, 0.3) is 5.76 Å². The first-order chi connectivity index (χ1) is 17.4. The third kappa shape index (κ3) is 4.17. The Bertz CT molecular complexity index is 1360. The number of rotatable bonds is 6. The average molecular weight is 486 g/mol. The van der Waals surface area contributed by atoms with E-state index in [0.717, 1.165) is 16.9 Å². The van der Waals surface area contributed by atoms with Crippen molar-refractivity contribution in [1.29, 1.82) is 0 Å². The fourth-order valence-electron chi connectivity index (χ4n) is 4.94. The Morgan fingerprint density at radius 3 is 2.61 bits per heavy atom. The number of hydrogen-bond donors (Lipinski definition) is 2. The maximum absolute atomic E-state index is 13.3. The lowest BCUT2D eigenvalue weighted by atomic mass is 9.94. The number of carbonyl (C=O) groups excluding carboxylic acids is 2. The molecule has 2 aliphatic rings. The van der Waals surface area contributed by atoms with Crippen molar-refractivity contribution in [2.45, 2.75) is 31.9 Å². The smallest absolute Gasteiger partial charge is 0.295 e. The van der Waals surface area contributed by atoms with Crippen molar-refractivity contribution < 1.29 is 29.3 Å². The van der Waals surface area contributed by atoms with Crippen molar-refractivity contribution in [2.24, 2.45) is 0 Å². The minimum Gasteiger partial charge on any atom is -0.507 e. The quantitative estimate of drug-likeness (QED) is 0.305. The van der Waals surface area contributed by atoms with Crippen molar-refractivity contribution in [3.8, 4) is 17.2 Å². The zero-order valence-electron chi connectivity index (χ0n) is 20.1. The van der Waals surface area contributed by atoms with Crippen LogP contribution in [-0.2, 0) is 22.4 Å². The normalized spacial score (nSPS) is 20.3. The number of benzene rings is 3. The summed E-state index contributed by atoms with van der Waals surface area (Å²) in [5.74, 6) is -0.762. The second-order valence-corrected chi connectivity index (χ2v) is 9.11. The molecule has 1 saturated heterocycles. The summed E-state index contributed by atoms with van der Waals surface area (Å²) in [6.07, 6.45) is 1.26. The maximum atomic E-state index is 13.3. The first-order valence-electron chi connectivity index (χ1n) is 11.9. The monoisotopic (exact) mass is 485 g/mol. The molecule has 2 aliphatic heterocycles. The Labute approximate surface area is 209 Å². The number of nitrogens with zero attached hydrogens (tertiary/aromatic N) is 1. The number of methoxy groups -OCH3 is 1. The number of ether oxygens (including phenoxy) is 2. The van der Waals surface area contributed by atoms with E-state index in [9.17, 15) is 19.8 Å². The molecule has 2 unspecified atom stereocenters. The van der Waals surface area contributed by atoms with Gasteiger partial charge in [-0.2, -0.15) is 0 Å². The molecule has 1 fully saturated rings.